The van der Waals surface area contributed by atoms with Gasteiger partial charge in [0.2, 0.25) is 0 Å². The maximum absolute atomic E-state index is 4.68. The van der Waals surface area contributed by atoms with Crippen LogP contribution in [-0.4, -0.2) is 21.3 Å². The van der Waals surface area contributed by atoms with Crippen molar-refractivity contribution in [1.29, 1.82) is 0 Å². The van der Waals surface area contributed by atoms with Crippen LogP contribution in [0.2, 0.25) is 0 Å². The van der Waals surface area contributed by atoms with Crippen molar-refractivity contribution in [2.24, 2.45) is 0 Å². The van der Waals surface area contributed by atoms with Crippen molar-refractivity contribution in [3.8, 4) is 5.82 Å². The Bertz CT molecular complexity index is 503. The fourth-order valence-electron chi connectivity index (χ4n) is 1.92. The molecule has 0 atom stereocenters. The van der Waals surface area contributed by atoms with Crippen LogP contribution in [-0.2, 0) is 6.54 Å². The second kappa shape index (κ2) is 6.48. The molecule has 0 bridgehead atoms. The van der Waals surface area contributed by atoms with Gasteiger partial charge in [-0.05, 0) is 42.6 Å². The predicted molar refractivity (Wildman–Crippen MR) is 77.4 cm³/mol. The van der Waals surface area contributed by atoms with Crippen molar-refractivity contribution in [3.05, 3.63) is 41.9 Å². The second-order valence-electron chi connectivity index (χ2n) is 5.04. The van der Waals surface area contributed by atoms with Gasteiger partial charge in [0.15, 0.2) is 5.82 Å². The van der Waals surface area contributed by atoms with E-state index in [9.17, 15) is 0 Å². The van der Waals surface area contributed by atoms with Crippen LogP contribution in [0.3, 0.4) is 0 Å². The van der Waals surface area contributed by atoms with Gasteiger partial charge in [-0.1, -0.05) is 20.8 Å². The van der Waals surface area contributed by atoms with Crippen LogP contribution in [0.25, 0.3) is 5.82 Å². The molecule has 1 N–H and O–H groups in total. The van der Waals surface area contributed by atoms with E-state index < -0.39 is 0 Å². The number of aromatic nitrogens is 3. The van der Waals surface area contributed by atoms with Crippen molar-refractivity contribution in [3.63, 3.8) is 0 Å². The Morgan fingerprint density at radius 3 is 2.79 bits per heavy atom. The molecular formula is C15H22N4. The van der Waals surface area contributed by atoms with E-state index in [2.05, 4.69) is 48.3 Å². The lowest BCUT2D eigenvalue weighted by Crippen LogP contribution is -2.15. The van der Waals surface area contributed by atoms with Gasteiger partial charge in [-0.15, -0.1) is 0 Å². The van der Waals surface area contributed by atoms with E-state index in [0.717, 1.165) is 31.0 Å². The summed E-state index contributed by atoms with van der Waals surface area (Å²) < 4.78 is 1.81. The van der Waals surface area contributed by atoms with Crippen LogP contribution in [0.4, 0.5) is 0 Å². The highest BCUT2D eigenvalue weighted by Crippen LogP contribution is 2.16. The molecule has 102 valence electrons. The Kier molecular flexibility index (Phi) is 4.68. The number of pyridine rings is 1. The third-order valence-corrected chi connectivity index (χ3v) is 2.98. The van der Waals surface area contributed by atoms with Crippen molar-refractivity contribution in [1.82, 2.24) is 20.1 Å². The number of nitrogens with one attached hydrogen (secondary N) is 1. The molecule has 2 heterocycles. The largest absolute Gasteiger partial charge is 0.313 e. The van der Waals surface area contributed by atoms with Crippen LogP contribution in [0.15, 0.2) is 30.6 Å². The first-order chi connectivity index (χ1) is 9.20. The predicted octanol–water partition coefficient (Wildman–Crippen LogP) is 2.89. The number of rotatable bonds is 6. The Morgan fingerprint density at radius 1 is 1.32 bits per heavy atom. The molecule has 0 fully saturated rings. The Balaban J connectivity index is 2.27. The van der Waals surface area contributed by atoms with Gasteiger partial charge in [0.25, 0.3) is 0 Å². The number of hydrogen-bond acceptors (Lipinski definition) is 3. The summed E-state index contributed by atoms with van der Waals surface area (Å²) in [5.41, 5.74) is 2.37. The minimum atomic E-state index is 0.417. The minimum Gasteiger partial charge on any atom is -0.313 e. The molecule has 4 nitrogen and oxygen atoms in total. The zero-order chi connectivity index (χ0) is 13.7. The zero-order valence-corrected chi connectivity index (χ0v) is 11.9. The molecule has 0 unspecified atom stereocenters. The fourth-order valence-corrected chi connectivity index (χ4v) is 1.92. The molecule has 0 aromatic carbocycles. The Labute approximate surface area is 114 Å². The van der Waals surface area contributed by atoms with Gasteiger partial charge >= 0.3 is 0 Å². The van der Waals surface area contributed by atoms with E-state index in [1.807, 2.05) is 16.9 Å². The Morgan fingerprint density at radius 2 is 2.16 bits per heavy atom. The van der Waals surface area contributed by atoms with E-state index in [1.165, 1.54) is 5.56 Å². The highest BCUT2D eigenvalue weighted by Gasteiger charge is 2.07. The van der Waals surface area contributed by atoms with Crippen LogP contribution in [0.5, 0.6) is 0 Å². The van der Waals surface area contributed by atoms with E-state index in [-0.39, 0.29) is 0 Å². The molecule has 2 rings (SSSR count). The van der Waals surface area contributed by atoms with Gasteiger partial charge in [-0.3, -0.25) is 0 Å². The summed E-state index contributed by atoms with van der Waals surface area (Å²) >= 11 is 0. The maximum Gasteiger partial charge on any atom is 0.153 e. The molecule has 0 aliphatic rings. The minimum absolute atomic E-state index is 0.417. The third kappa shape index (κ3) is 3.64. The lowest BCUT2D eigenvalue weighted by molar-refractivity contribution is 0.670. The van der Waals surface area contributed by atoms with E-state index in [1.54, 1.807) is 6.20 Å². The van der Waals surface area contributed by atoms with E-state index >= 15 is 0 Å². The second-order valence-corrected chi connectivity index (χ2v) is 5.04. The molecule has 4 heteroatoms. The summed E-state index contributed by atoms with van der Waals surface area (Å²) in [6, 6.07) is 6.20. The monoisotopic (exact) mass is 258 g/mol. The molecule has 2 aromatic rings. The highest BCUT2D eigenvalue weighted by atomic mass is 15.3. The summed E-state index contributed by atoms with van der Waals surface area (Å²) in [5, 5.41) is 7.69. The Hall–Kier alpha value is -1.68. The molecule has 0 spiro atoms. The van der Waals surface area contributed by atoms with Gasteiger partial charge in [0, 0.05) is 24.6 Å². The molecule has 0 aliphatic carbocycles. The van der Waals surface area contributed by atoms with E-state index in [0.29, 0.717) is 5.92 Å². The number of hydrogen-bond donors (Lipinski definition) is 1. The molecular weight excluding hydrogens is 236 g/mol. The summed E-state index contributed by atoms with van der Waals surface area (Å²) in [6.07, 6.45) is 4.85. The van der Waals surface area contributed by atoms with Crippen LogP contribution < -0.4 is 5.32 Å². The fraction of sp³-hybridized carbons (Fsp3) is 0.467. The van der Waals surface area contributed by atoms with Gasteiger partial charge < -0.3 is 5.32 Å². The van der Waals surface area contributed by atoms with Crippen LogP contribution in [0, 0.1) is 0 Å². The number of nitrogens with zero attached hydrogens (tertiary/aromatic N) is 3. The summed E-state index contributed by atoms with van der Waals surface area (Å²) in [7, 11) is 0. The molecule has 0 saturated carbocycles. The summed E-state index contributed by atoms with van der Waals surface area (Å²) in [5.74, 6) is 1.31. The normalized spacial score (nSPS) is 11.2. The van der Waals surface area contributed by atoms with Crippen molar-refractivity contribution in [2.45, 2.75) is 39.7 Å². The van der Waals surface area contributed by atoms with Gasteiger partial charge in [-0.25, -0.2) is 9.67 Å². The lowest BCUT2D eigenvalue weighted by atomic mass is 10.1. The SMILES string of the molecule is CCCNCc1cc(C(C)C)nc(-n2cccn2)c1. The van der Waals surface area contributed by atoms with Crippen molar-refractivity contribution < 1.29 is 0 Å². The van der Waals surface area contributed by atoms with Gasteiger partial charge in [-0.2, -0.15) is 5.10 Å². The molecule has 0 saturated heterocycles. The van der Waals surface area contributed by atoms with Gasteiger partial charge in [0.1, 0.15) is 0 Å². The first-order valence-corrected chi connectivity index (χ1v) is 6.92. The van der Waals surface area contributed by atoms with Crippen LogP contribution in [0.1, 0.15) is 44.4 Å². The molecule has 0 aliphatic heterocycles. The summed E-state index contributed by atoms with van der Waals surface area (Å²) in [6.45, 7) is 8.42. The van der Waals surface area contributed by atoms with Crippen molar-refractivity contribution >= 4 is 0 Å². The van der Waals surface area contributed by atoms with Crippen molar-refractivity contribution in [2.75, 3.05) is 6.54 Å². The topological polar surface area (TPSA) is 42.7 Å². The third-order valence-electron chi connectivity index (χ3n) is 2.98. The molecule has 2 aromatic heterocycles. The van der Waals surface area contributed by atoms with Crippen LogP contribution >= 0.6 is 0 Å². The molecule has 0 amide bonds. The first-order valence-electron chi connectivity index (χ1n) is 6.92. The quantitative estimate of drug-likeness (QED) is 0.810. The molecule has 0 radical (unpaired) electrons. The smallest absolute Gasteiger partial charge is 0.153 e. The average Bonchev–Trinajstić information content (AvgIpc) is 2.92. The maximum atomic E-state index is 4.68. The molecule has 19 heavy (non-hydrogen) atoms. The standard InChI is InChI=1S/C15H22N4/c1-4-6-16-11-13-9-14(12(2)3)18-15(10-13)19-8-5-7-17-19/h5,7-10,12,16H,4,6,11H2,1-3H3. The first kappa shape index (κ1) is 13.7. The summed E-state index contributed by atoms with van der Waals surface area (Å²) in [4.78, 5) is 4.68. The lowest BCUT2D eigenvalue weighted by Gasteiger charge is -2.11. The highest BCUT2D eigenvalue weighted by molar-refractivity contribution is 5.31. The van der Waals surface area contributed by atoms with E-state index in [4.69, 9.17) is 0 Å². The zero-order valence-electron chi connectivity index (χ0n) is 11.9. The average molecular weight is 258 g/mol. The van der Waals surface area contributed by atoms with Gasteiger partial charge in [0.05, 0.1) is 0 Å².